The van der Waals surface area contributed by atoms with Gasteiger partial charge < -0.3 is 21.4 Å². The molecule has 0 aromatic heterocycles. The standard InChI is InChI=1S/C19H29N3O4/c1-18(2)11-12(19(3,4)22(18)26)9-10-15(17(24)25)21-16(23)13-7-5-6-8-14(13)20/h5-8,12,15,26H,9-11,20H2,1-4H3,(H,21,23)(H,24,25). The van der Waals surface area contributed by atoms with Gasteiger partial charge in [0.05, 0.1) is 5.56 Å². The Morgan fingerprint density at radius 2 is 1.92 bits per heavy atom. The number of carbonyl (C=O) groups excluding carboxylic acids is 1. The Bertz CT molecular complexity index is 687. The van der Waals surface area contributed by atoms with Crippen molar-refractivity contribution in [2.24, 2.45) is 5.92 Å². The monoisotopic (exact) mass is 363 g/mol. The minimum absolute atomic E-state index is 0.114. The molecule has 1 heterocycles. The number of carboxylic acids is 1. The van der Waals surface area contributed by atoms with E-state index in [1.54, 1.807) is 24.3 Å². The number of rotatable bonds is 6. The van der Waals surface area contributed by atoms with Crippen LogP contribution in [0.1, 0.15) is 57.3 Å². The van der Waals surface area contributed by atoms with Crippen LogP contribution in [0.2, 0.25) is 0 Å². The number of carboxylic acid groups (broad SMARTS) is 1. The van der Waals surface area contributed by atoms with Crippen LogP contribution in [-0.4, -0.2) is 44.4 Å². The quantitative estimate of drug-likeness (QED) is 0.577. The zero-order chi connectivity index (χ0) is 19.7. The summed E-state index contributed by atoms with van der Waals surface area (Å²) in [6.45, 7) is 7.82. The Morgan fingerprint density at radius 1 is 1.31 bits per heavy atom. The first-order chi connectivity index (χ1) is 12.0. The molecule has 1 aliphatic rings. The van der Waals surface area contributed by atoms with E-state index < -0.39 is 23.5 Å². The number of hydrogen-bond acceptors (Lipinski definition) is 5. The molecule has 7 heteroatoms. The Hall–Kier alpha value is -2.12. The molecule has 1 aromatic carbocycles. The summed E-state index contributed by atoms with van der Waals surface area (Å²) < 4.78 is 0. The van der Waals surface area contributed by atoms with Crippen molar-refractivity contribution in [3.05, 3.63) is 29.8 Å². The Morgan fingerprint density at radius 3 is 2.42 bits per heavy atom. The van der Waals surface area contributed by atoms with Crippen molar-refractivity contribution < 1.29 is 19.9 Å². The maximum Gasteiger partial charge on any atom is 0.326 e. The Balaban J connectivity index is 2.05. The average Bonchev–Trinajstić information content (AvgIpc) is 2.70. The third-order valence-electron chi connectivity index (χ3n) is 5.48. The van der Waals surface area contributed by atoms with Crippen molar-refractivity contribution in [2.45, 2.75) is 64.1 Å². The van der Waals surface area contributed by atoms with E-state index in [0.717, 1.165) is 6.42 Å². The molecule has 1 fully saturated rings. The van der Waals surface area contributed by atoms with Crippen molar-refractivity contribution in [1.82, 2.24) is 10.4 Å². The second kappa shape index (κ2) is 7.25. The second-order valence-electron chi connectivity index (χ2n) is 8.21. The van der Waals surface area contributed by atoms with Gasteiger partial charge in [-0.1, -0.05) is 12.1 Å². The number of amides is 1. The number of anilines is 1. The molecule has 1 amide bonds. The largest absolute Gasteiger partial charge is 0.480 e. The lowest BCUT2D eigenvalue weighted by Crippen LogP contribution is -2.47. The molecule has 0 saturated carbocycles. The normalized spacial score (nSPS) is 22.7. The van der Waals surface area contributed by atoms with Gasteiger partial charge in [0, 0.05) is 16.8 Å². The number of aliphatic carboxylic acids is 1. The van der Waals surface area contributed by atoms with E-state index in [0.29, 0.717) is 12.1 Å². The molecule has 1 saturated heterocycles. The SMILES string of the molecule is CC1(C)CC(CCC(NC(=O)c2ccccc2N)C(=O)O)C(C)(C)N1O. The molecule has 0 radical (unpaired) electrons. The van der Waals surface area contributed by atoms with Crippen molar-refractivity contribution >= 4 is 17.6 Å². The number of carbonyl (C=O) groups is 2. The summed E-state index contributed by atoms with van der Waals surface area (Å²) in [5.74, 6) is -1.46. The first kappa shape index (κ1) is 20.2. The van der Waals surface area contributed by atoms with Crippen LogP contribution in [-0.2, 0) is 4.79 Å². The summed E-state index contributed by atoms with van der Waals surface area (Å²) in [6.07, 6.45) is 1.61. The van der Waals surface area contributed by atoms with Crippen LogP contribution in [0.15, 0.2) is 24.3 Å². The van der Waals surface area contributed by atoms with Gasteiger partial charge in [-0.05, 0) is 65.0 Å². The summed E-state index contributed by atoms with van der Waals surface area (Å²) in [5, 5.41) is 23.8. The van der Waals surface area contributed by atoms with E-state index in [-0.39, 0.29) is 23.4 Å². The summed E-state index contributed by atoms with van der Waals surface area (Å²) in [4.78, 5) is 24.0. The molecule has 0 spiro atoms. The van der Waals surface area contributed by atoms with Gasteiger partial charge in [0.15, 0.2) is 0 Å². The molecule has 7 nitrogen and oxygen atoms in total. The van der Waals surface area contributed by atoms with E-state index in [9.17, 15) is 19.9 Å². The molecule has 2 unspecified atom stereocenters. The third kappa shape index (κ3) is 3.99. The van der Waals surface area contributed by atoms with Gasteiger partial charge in [0.2, 0.25) is 0 Å². The fourth-order valence-corrected chi connectivity index (χ4v) is 3.91. The Kier molecular flexibility index (Phi) is 5.63. The lowest BCUT2D eigenvalue weighted by atomic mass is 9.82. The Labute approximate surface area is 154 Å². The maximum absolute atomic E-state index is 12.4. The number of nitrogen functional groups attached to an aromatic ring is 1. The van der Waals surface area contributed by atoms with E-state index in [2.05, 4.69) is 5.32 Å². The topological polar surface area (TPSA) is 116 Å². The third-order valence-corrected chi connectivity index (χ3v) is 5.48. The first-order valence-corrected chi connectivity index (χ1v) is 8.84. The van der Waals surface area contributed by atoms with Crippen molar-refractivity contribution in [1.29, 1.82) is 0 Å². The molecule has 0 bridgehead atoms. The van der Waals surface area contributed by atoms with Crippen molar-refractivity contribution in [3.63, 3.8) is 0 Å². The second-order valence-corrected chi connectivity index (χ2v) is 8.21. The van der Waals surface area contributed by atoms with Gasteiger partial charge in [0.25, 0.3) is 5.91 Å². The summed E-state index contributed by atoms with van der Waals surface area (Å²) in [6, 6.07) is 5.55. The van der Waals surface area contributed by atoms with Crippen LogP contribution < -0.4 is 11.1 Å². The number of nitrogens with zero attached hydrogens (tertiary/aromatic N) is 1. The van der Waals surface area contributed by atoms with Crippen LogP contribution >= 0.6 is 0 Å². The zero-order valence-electron chi connectivity index (χ0n) is 15.8. The zero-order valence-corrected chi connectivity index (χ0v) is 15.8. The fraction of sp³-hybridized carbons (Fsp3) is 0.579. The van der Waals surface area contributed by atoms with Crippen LogP contribution in [0, 0.1) is 5.92 Å². The minimum Gasteiger partial charge on any atom is -0.480 e. The highest BCUT2D eigenvalue weighted by atomic mass is 16.5. The lowest BCUT2D eigenvalue weighted by molar-refractivity contribution is -0.197. The lowest BCUT2D eigenvalue weighted by Gasteiger charge is -2.36. The summed E-state index contributed by atoms with van der Waals surface area (Å²) >= 11 is 0. The molecule has 26 heavy (non-hydrogen) atoms. The van der Waals surface area contributed by atoms with Crippen molar-refractivity contribution in [3.8, 4) is 0 Å². The van der Waals surface area contributed by atoms with Gasteiger partial charge in [-0.25, -0.2) is 4.79 Å². The van der Waals surface area contributed by atoms with Gasteiger partial charge in [0.1, 0.15) is 6.04 Å². The summed E-state index contributed by atoms with van der Waals surface area (Å²) in [7, 11) is 0. The fourth-order valence-electron chi connectivity index (χ4n) is 3.91. The number of hydroxylamine groups is 2. The number of benzene rings is 1. The van der Waals surface area contributed by atoms with Crippen LogP contribution in [0.5, 0.6) is 0 Å². The van der Waals surface area contributed by atoms with Crippen LogP contribution in [0.3, 0.4) is 0 Å². The highest BCUT2D eigenvalue weighted by Gasteiger charge is 2.51. The van der Waals surface area contributed by atoms with Crippen LogP contribution in [0.4, 0.5) is 5.69 Å². The highest BCUT2D eigenvalue weighted by Crippen LogP contribution is 2.45. The van der Waals surface area contributed by atoms with E-state index in [1.807, 2.05) is 27.7 Å². The maximum atomic E-state index is 12.4. The summed E-state index contributed by atoms with van der Waals surface area (Å²) in [5.41, 5.74) is 5.54. The van der Waals surface area contributed by atoms with Gasteiger partial charge in [-0.2, -0.15) is 5.06 Å². The van der Waals surface area contributed by atoms with E-state index in [4.69, 9.17) is 5.73 Å². The molecule has 2 rings (SSSR count). The predicted molar refractivity (Wildman–Crippen MR) is 98.9 cm³/mol. The number of hydrogen-bond donors (Lipinski definition) is 4. The minimum atomic E-state index is -1.08. The average molecular weight is 363 g/mol. The first-order valence-electron chi connectivity index (χ1n) is 8.84. The van der Waals surface area contributed by atoms with Gasteiger partial charge >= 0.3 is 5.97 Å². The number of nitrogens with one attached hydrogen (secondary N) is 1. The van der Waals surface area contributed by atoms with Gasteiger partial charge in [-0.3, -0.25) is 4.79 Å². The van der Waals surface area contributed by atoms with Crippen molar-refractivity contribution in [2.75, 3.05) is 5.73 Å². The van der Waals surface area contributed by atoms with Gasteiger partial charge in [-0.15, -0.1) is 0 Å². The van der Waals surface area contributed by atoms with E-state index in [1.165, 1.54) is 5.06 Å². The molecule has 0 aliphatic carbocycles. The molecule has 2 atom stereocenters. The molecular formula is C19H29N3O4. The number of nitrogens with two attached hydrogens (primary N) is 1. The molecule has 1 aromatic rings. The molecular weight excluding hydrogens is 334 g/mol. The highest BCUT2D eigenvalue weighted by molar-refractivity contribution is 6.00. The van der Waals surface area contributed by atoms with E-state index >= 15 is 0 Å². The smallest absolute Gasteiger partial charge is 0.326 e. The molecule has 1 aliphatic heterocycles. The number of para-hydroxylation sites is 1. The molecule has 5 N–H and O–H groups in total. The molecule has 144 valence electrons. The predicted octanol–water partition coefficient (Wildman–Crippen LogP) is 2.50. The van der Waals surface area contributed by atoms with Crippen LogP contribution in [0.25, 0.3) is 0 Å².